The Balaban J connectivity index is 2.12. The third-order valence-corrected chi connectivity index (χ3v) is 3.74. The van der Waals surface area contributed by atoms with Crippen molar-refractivity contribution < 1.29 is 9.50 Å². The zero-order chi connectivity index (χ0) is 16.6. The van der Waals surface area contributed by atoms with Crippen LogP contribution in [0.1, 0.15) is 11.4 Å². The van der Waals surface area contributed by atoms with Gasteiger partial charge in [-0.05, 0) is 38.1 Å². The molecule has 1 N–H and O–H groups in total. The van der Waals surface area contributed by atoms with Gasteiger partial charge in [0.1, 0.15) is 11.6 Å². The Kier molecular flexibility index (Phi) is 3.96. The summed E-state index contributed by atoms with van der Waals surface area (Å²) in [6.07, 6.45) is 1.55. The van der Waals surface area contributed by atoms with Gasteiger partial charge in [0.15, 0.2) is 5.82 Å². The van der Waals surface area contributed by atoms with E-state index in [1.54, 1.807) is 12.3 Å². The Morgan fingerprint density at radius 3 is 2.57 bits per heavy atom. The number of rotatable bonds is 2. The first-order valence-electron chi connectivity index (χ1n) is 6.92. The van der Waals surface area contributed by atoms with Gasteiger partial charge in [0, 0.05) is 29.2 Å². The molecule has 116 valence electrons. The van der Waals surface area contributed by atoms with Gasteiger partial charge in [-0.3, -0.25) is 4.98 Å². The van der Waals surface area contributed by atoms with Crippen LogP contribution in [-0.2, 0) is 0 Å². The van der Waals surface area contributed by atoms with Crippen molar-refractivity contribution in [2.45, 2.75) is 13.8 Å². The Morgan fingerprint density at radius 2 is 1.83 bits per heavy atom. The number of phenols is 1. The quantitative estimate of drug-likeness (QED) is 0.760. The highest BCUT2D eigenvalue weighted by Gasteiger charge is 2.14. The number of benzene rings is 1. The summed E-state index contributed by atoms with van der Waals surface area (Å²) in [5.41, 5.74) is 3.37. The minimum absolute atomic E-state index is 0.0450. The van der Waals surface area contributed by atoms with Crippen molar-refractivity contribution in [2.75, 3.05) is 0 Å². The number of pyridine rings is 1. The van der Waals surface area contributed by atoms with E-state index >= 15 is 0 Å². The second-order valence-electron chi connectivity index (χ2n) is 5.13. The molecule has 0 unspecified atom stereocenters. The smallest absolute Gasteiger partial charge is 0.162 e. The average molecular weight is 330 g/mol. The molecule has 2 aromatic heterocycles. The molecule has 0 bridgehead atoms. The average Bonchev–Trinajstić information content (AvgIpc) is 2.51. The molecule has 0 radical (unpaired) electrons. The Labute approximate surface area is 137 Å². The van der Waals surface area contributed by atoms with E-state index in [0.717, 1.165) is 23.0 Å². The van der Waals surface area contributed by atoms with Gasteiger partial charge in [-0.1, -0.05) is 11.6 Å². The maximum atomic E-state index is 14.1. The molecule has 0 saturated carbocycles. The number of halogens is 2. The topological polar surface area (TPSA) is 58.9 Å². The predicted octanol–water partition coefficient (Wildman–Crippen LogP) is 4.32. The fourth-order valence-electron chi connectivity index (χ4n) is 2.30. The molecule has 23 heavy (non-hydrogen) atoms. The van der Waals surface area contributed by atoms with Gasteiger partial charge < -0.3 is 5.11 Å². The van der Waals surface area contributed by atoms with Crippen molar-refractivity contribution in [3.63, 3.8) is 0 Å². The third-order valence-electron chi connectivity index (χ3n) is 3.43. The fourth-order valence-corrected chi connectivity index (χ4v) is 2.47. The highest BCUT2D eigenvalue weighted by Crippen LogP contribution is 2.31. The van der Waals surface area contributed by atoms with Crippen LogP contribution in [0, 0.1) is 19.7 Å². The molecule has 0 aliphatic carbocycles. The fraction of sp³-hybridized carbons (Fsp3) is 0.118. The van der Waals surface area contributed by atoms with E-state index in [1.807, 2.05) is 26.0 Å². The zero-order valence-electron chi connectivity index (χ0n) is 12.5. The first-order chi connectivity index (χ1) is 11.0. The second kappa shape index (κ2) is 5.93. The molecule has 4 nitrogen and oxygen atoms in total. The first-order valence-corrected chi connectivity index (χ1v) is 7.29. The lowest BCUT2D eigenvalue weighted by Gasteiger charge is -2.08. The lowest BCUT2D eigenvalue weighted by molar-refractivity contribution is 0.469. The van der Waals surface area contributed by atoms with E-state index < -0.39 is 5.82 Å². The molecule has 0 atom stereocenters. The van der Waals surface area contributed by atoms with Crippen LogP contribution in [0.2, 0.25) is 5.02 Å². The van der Waals surface area contributed by atoms with Crippen LogP contribution in [0.25, 0.3) is 22.6 Å². The summed E-state index contributed by atoms with van der Waals surface area (Å²) in [5.74, 6) is -0.757. The Morgan fingerprint density at radius 1 is 1.04 bits per heavy atom. The second-order valence-corrected chi connectivity index (χ2v) is 5.54. The van der Waals surface area contributed by atoms with Crippen molar-refractivity contribution in [2.24, 2.45) is 0 Å². The third kappa shape index (κ3) is 3.00. The van der Waals surface area contributed by atoms with Gasteiger partial charge in [0.25, 0.3) is 0 Å². The van der Waals surface area contributed by atoms with Crippen LogP contribution in [0.5, 0.6) is 5.75 Å². The summed E-state index contributed by atoms with van der Waals surface area (Å²) in [4.78, 5) is 12.9. The lowest BCUT2D eigenvalue weighted by atomic mass is 10.1. The highest BCUT2D eigenvalue weighted by atomic mass is 35.5. The maximum absolute atomic E-state index is 14.1. The molecule has 0 saturated heterocycles. The molecule has 0 fully saturated rings. The van der Waals surface area contributed by atoms with E-state index in [0.29, 0.717) is 5.69 Å². The molecule has 3 rings (SSSR count). The van der Waals surface area contributed by atoms with Crippen molar-refractivity contribution in [3.05, 3.63) is 58.8 Å². The summed E-state index contributed by atoms with van der Waals surface area (Å²) in [5, 5.41) is 9.49. The molecule has 2 heterocycles. The van der Waals surface area contributed by atoms with Crippen molar-refractivity contribution in [1.29, 1.82) is 0 Å². The van der Waals surface area contributed by atoms with Gasteiger partial charge in [0.05, 0.1) is 16.3 Å². The number of hydrogen-bond acceptors (Lipinski definition) is 4. The van der Waals surface area contributed by atoms with Crippen LogP contribution in [0.3, 0.4) is 0 Å². The monoisotopic (exact) mass is 329 g/mol. The van der Waals surface area contributed by atoms with E-state index in [2.05, 4.69) is 15.0 Å². The van der Waals surface area contributed by atoms with Gasteiger partial charge >= 0.3 is 0 Å². The molecule has 1 aromatic carbocycles. The largest absolute Gasteiger partial charge is 0.506 e. The van der Waals surface area contributed by atoms with Crippen LogP contribution >= 0.6 is 11.6 Å². The van der Waals surface area contributed by atoms with Crippen molar-refractivity contribution >= 4 is 11.6 Å². The SMILES string of the molecule is Cc1ccc(-c2ccnc(-c3cc(Cl)c(O)cc3F)n2)c(C)n1. The summed E-state index contributed by atoms with van der Waals surface area (Å²) in [7, 11) is 0. The van der Waals surface area contributed by atoms with E-state index in [4.69, 9.17) is 11.6 Å². The van der Waals surface area contributed by atoms with Crippen molar-refractivity contribution in [1.82, 2.24) is 15.0 Å². The van der Waals surface area contributed by atoms with E-state index in [-0.39, 0.29) is 22.2 Å². The van der Waals surface area contributed by atoms with Crippen LogP contribution in [0.4, 0.5) is 4.39 Å². The summed E-state index contributed by atoms with van der Waals surface area (Å²) < 4.78 is 14.1. The number of aromatic nitrogens is 3. The highest BCUT2D eigenvalue weighted by molar-refractivity contribution is 6.32. The molecule has 0 spiro atoms. The first kappa shape index (κ1) is 15.4. The summed E-state index contributed by atoms with van der Waals surface area (Å²) in [6, 6.07) is 7.81. The van der Waals surface area contributed by atoms with Crippen LogP contribution in [-0.4, -0.2) is 20.1 Å². The number of phenolic OH excluding ortho intramolecular Hbond substituents is 1. The Hall–Kier alpha value is -2.53. The normalized spacial score (nSPS) is 10.8. The van der Waals surface area contributed by atoms with E-state index in [1.165, 1.54) is 6.07 Å². The minimum Gasteiger partial charge on any atom is -0.506 e. The lowest BCUT2D eigenvalue weighted by Crippen LogP contribution is -1.97. The van der Waals surface area contributed by atoms with Gasteiger partial charge in [-0.25, -0.2) is 14.4 Å². The molecule has 6 heteroatoms. The molecule has 0 aliphatic rings. The molecular weight excluding hydrogens is 317 g/mol. The number of aromatic hydroxyl groups is 1. The number of nitrogens with zero attached hydrogens (tertiary/aromatic N) is 3. The summed E-state index contributed by atoms with van der Waals surface area (Å²) >= 11 is 5.85. The van der Waals surface area contributed by atoms with E-state index in [9.17, 15) is 9.50 Å². The minimum atomic E-state index is -0.636. The van der Waals surface area contributed by atoms with Gasteiger partial charge in [0.2, 0.25) is 0 Å². The summed E-state index contributed by atoms with van der Waals surface area (Å²) in [6.45, 7) is 3.80. The van der Waals surface area contributed by atoms with Crippen LogP contribution in [0.15, 0.2) is 36.5 Å². The van der Waals surface area contributed by atoms with Crippen LogP contribution < -0.4 is 0 Å². The molecule has 0 aliphatic heterocycles. The maximum Gasteiger partial charge on any atom is 0.162 e. The zero-order valence-corrected chi connectivity index (χ0v) is 13.3. The van der Waals surface area contributed by atoms with Crippen molar-refractivity contribution in [3.8, 4) is 28.4 Å². The number of hydrogen-bond donors (Lipinski definition) is 1. The van der Waals surface area contributed by atoms with Gasteiger partial charge in [-0.15, -0.1) is 0 Å². The standard InChI is InChI=1S/C17H13ClFN3O/c1-9-3-4-11(10(2)21-9)15-5-6-20-17(22-15)12-7-13(18)16(23)8-14(12)19/h3-8,23H,1-2H3. The molecule has 0 amide bonds. The molecular formula is C17H13ClFN3O. The Bertz CT molecular complexity index is 899. The molecule has 3 aromatic rings. The predicted molar refractivity (Wildman–Crippen MR) is 86.8 cm³/mol. The van der Waals surface area contributed by atoms with Gasteiger partial charge in [-0.2, -0.15) is 0 Å². The number of aryl methyl sites for hydroxylation is 2.